The molecule has 0 spiro atoms. The largest absolute Gasteiger partial charge is 0.507 e. The Morgan fingerprint density at radius 3 is 2.44 bits per heavy atom. The molecular weight excluding hydrogens is 726 g/mol. The molecule has 0 radical (unpaired) electrons. The van der Waals surface area contributed by atoms with Crippen LogP contribution in [0.4, 0.5) is 0 Å². The zero-order valence-electron chi connectivity index (χ0n) is 28.8. The van der Waals surface area contributed by atoms with Crippen molar-refractivity contribution in [2.75, 3.05) is 20.3 Å². The number of carbonyl (C=O) groups excluding carboxylic acids is 4. The number of nitrogens with zero attached hydrogens (tertiary/aromatic N) is 2. The fourth-order valence-corrected chi connectivity index (χ4v) is 6.86. The van der Waals surface area contributed by atoms with Gasteiger partial charge in [-0.05, 0) is 25.8 Å². The second kappa shape index (κ2) is 15.9. The highest BCUT2D eigenvalue weighted by Crippen LogP contribution is 2.52. The quantitative estimate of drug-likeness (QED) is 0.0609. The predicted octanol–water partition coefficient (Wildman–Crippen LogP) is 0.508. The number of carbonyl (C=O) groups is 4. The van der Waals surface area contributed by atoms with Gasteiger partial charge in [-0.25, -0.2) is 0 Å². The Hall–Kier alpha value is -5.48. The van der Waals surface area contributed by atoms with Crippen molar-refractivity contribution in [2.24, 2.45) is 5.73 Å². The van der Waals surface area contributed by atoms with Crippen molar-refractivity contribution in [3.05, 3.63) is 71.8 Å². The first-order valence-corrected chi connectivity index (χ1v) is 16.6. The van der Waals surface area contributed by atoms with Crippen molar-refractivity contribution in [3.63, 3.8) is 0 Å². The van der Waals surface area contributed by atoms with E-state index in [2.05, 4.69) is 9.68 Å². The first-order chi connectivity index (χ1) is 25.5. The van der Waals surface area contributed by atoms with Crippen LogP contribution >= 0.6 is 0 Å². The fourth-order valence-electron chi connectivity index (χ4n) is 6.86. The number of hydrogen-bond donors (Lipinski definition) is 5. The number of nitrogens with two attached hydrogens (primary N) is 1. The maximum absolute atomic E-state index is 13.9. The number of methoxy groups -OCH3 is 1. The van der Waals surface area contributed by atoms with E-state index < -0.39 is 131 Å². The number of ether oxygens (including phenoxy) is 4. The van der Waals surface area contributed by atoms with Crippen LogP contribution in [0.5, 0.6) is 17.2 Å². The smallest absolute Gasteiger partial charge is 0.306 e. The van der Waals surface area contributed by atoms with Gasteiger partial charge in [-0.2, -0.15) is 0 Å². The normalized spacial score (nSPS) is 25.0. The Morgan fingerprint density at radius 1 is 1.09 bits per heavy atom. The van der Waals surface area contributed by atoms with E-state index in [9.17, 15) is 59.8 Å². The van der Waals surface area contributed by atoms with Crippen molar-refractivity contribution in [1.82, 2.24) is 0 Å². The van der Waals surface area contributed by atoms with E-state index in [1.807, 2.05) is 0 Å². The minimum absolute atomic E-state index is 0.0288. The van der Waals surface area contributed by atoms with E-state index in [0.717, 1.165) is 0 Å². The summed E-state index contributed by atoms with van der Waals surface area (Å²) in [6.45, 7) is -0.288. The number of phenolic OH excluding ortho intramolecular Hbond substituents is 2. The van der Waals surface area contributed by atoms with Gasteiger partial charge in [0, 0.05) is 48.4 Å². The molecule has 21 heteroatoms. The zero-order chi connectivity index (χ0) is 39.6. The molecule has 7 atom stereocenters. The summed E-state index contributed by atoms with van der Waals surface area (Å²) >= 11 is 0. The van der Waals surface area contributed by atoms with E-state index in [0.29, 0.717) is 0 Å². The molecule has 6 N–H and O–H groups in total. The maximum atomic E-state index is 13.9. The monoisotopic (exact) mass is 763 g/mol. The summed E-state index contributed by atoms with van der Waals surface area (Å²) in [6.07, 6.45) is -8.30. The standard InChI is InChI=1S/C33H37N3O18/c1-14-28(39)18(34)9-23(52-14)53-20-11-33(44,21(37)13-50-22(38)8-3-5-15(54-36(47)48)12-51-35(45)46)10-17-25(20)32(43)27-26(30(17)41)29(40)16-6-4-7-19(49-2)24(16)31(27)42/h4,6-7,14-15,18,20,23,28,39,41,43-44H,3,5,8-13,34H2,1-2H3/t14-,15?,18-,20-,23-,28+,33-/m0/s1. The predicted molar refractivity (Wildman–Crippen MR) is 174 cm³/mol. The van der Waals surface area contributed by atoms with Crippen LogP contribution in [0, 0.1) is 20.2 Å². The molecule has 0 bridgehead atoms. The molecule has 1 heterocycles. The van der Waals surface area contributed by atoms with Gasteiger partial charge in [0.25, 0.3) is 10.2 Å². The SMILES string of the molecule is COc1cccc2c1C(=O)c1c(O)c3c(c(O)c1C2=O)C[C@@](O)(C(=O)COC(=O)CCCC(CO[N+](=O)[O-])O[N+](=O)[O-])C[C@@H]3O[C@H]1C[C@H](N)[C@H](O)[C@H](C)O1. The number of fused-ring (bicyclic) bond motifs is 3. The van der Waals surface area contributed by atoms with Gasteiger partial charge in [0.05, 0.1) is 42.1 Å². The molecule has 1 fully saturated rings. The molecule has 5 rings (SSSR count). The molecule has 1 unspecified atom stereocenters. The molecule has 0 saturated carbocycles. The van der Waals surface area contributed by atoms with Gasteiger partial charge in [-0.3, -0.25) is 19.2 Å². The fraction of sp³-hybridized carbons (Fsp3) is 0.515. The highest BCUT2D eigenvalue weighted by atomic mass is 17.0. The number of aliphatic hydroxyl groups excluding tert-OH is 1. The third kappa shape index (κ3) is 7.89. The maximum Gasteiger partial charge on any atom is 0.306 e. The number of Topliss-reactive ketones (excluding diaryl/α,β-unsaturated/α-hetero) is 1. The van der Waals surface area contributed by atoms with Gasteiger partial charge in [-0.15, -0.1) is 20.2 Å². The topological polar surface area (TPSA) is 317 Å². The number of benzene rings is 2. The highest BCUT2D eigenvalue weighted by molar-refractivity contribution is 6.31. The Balaban J connectivity index is 1.42. The summed E-state index contributed by atoms with van der Waals surface area (Å²) < 4.78 is 22.2. The second-order valence-electron chi connectivity index (χ2n) is 13.0. The van der Waals surface area contributed by atoms with Crippen LogP contribution in [0.15, 0.2) is 18.2 Å². The summed E-state index contributed by atoms with van der Waals surface area (Å²) in [7, 11) is 1.28. The molecule has 3 aliphatic rings. The number of aliphatic hydroxyl groups is 2. The average Bonchev–Trinajstić information content (AvgIpc) is 3.11. The van der Waals surface area contributed by atoms with Gasteiger partial charge in [0.1, 0.15) is 35.6 Å². The minimum atomic E-state index is -2.48. The average molecular weight is 764 g/mol. The molecule has 2 aliphatic carbocycles. The molecule has 292 valence electrons. The zero-order valence-corrected chi connectivity index (χ0v) is 28.8. The minimum Gasteiger partial charge on any atom is -0.507 e. The molecule has 21 nitrogen and oxygen atoms in total. The number of esters is 1. The third-order valence-electron chi connectivity index (χ3n) is 9.53. The summed E-state index contributed by atoms with van der Waals surface area (Å²) in [5.41, 5.74) is 1.58. The van der Waals surface area contributed by atoms with Crippen LogP contribution in [0.2, 0.25) is 0 Å². The summed E-state index contributed by atoms with van der Waals surface area (Å²) in [6, 6.07) is 3.37. The van der Waals surface area contributed by atoms with Crippen LogP contribution in [-0.2, 0) is 39.9 Å². The molecular formula is C33H37N3O18. The lowest BCUT2D eigenvalue weighted by Crippen LogP contribution is -2.53. The van der Waals surface area contributed by atoms with Gasteiger partial charge in [-0.1, -0.05) is 12.1 Å². The lowest BCUT2D eigenvalue weighted by Gasteiger charge is -2.42. The molecule has 2 aromatic rings. The molecule has 1 saturated heterocycles. The Labute approximate surface area is 304 Å². The lowest BCUT2D eigenvalue weighted by atomic mass is 9.72. The summed E-state index contributed by atoms with van der Waals surface area (Å²) in [5.74, 6) is -5.36. The van der Waals surface area contributed by atoms with E-state index in [-0.39, 0.29) is 47.3 Å². The number of aromatic hydroxyl groups is 2. The summed E-state index contributed by atoms with van der Waals surface area (Å²) in [4.78, 5) is 83.3. The number of phenols is 2. The van der Waals surface area contributed by atoms with Gasteiger partial charge < -0.3 is 54.8 Å². The second-order valence-corrected chi connectivity index (χ2v) is 13.0. The van der Waals surface area contributed by atoms with Crippen LogP contribution in [0.3, 0.4) is 0 Å². The number of rotatable bonds is 15. The van der Waals surface area contributed by atoms with Crippen LogP contribution in [-0.4, -0.2) is 110 Å². The third-order valence-corrected chi connectivity index (χ3v) is 9.53. The Kier molecular flexibility index (Phi) is 11.7. The Morgan fingerprint density at radius 2 is 1.80 bits per heavy atom. The molecule has 2 aromatic carbocycles. The van der Waals surface area contributed by atoms with Gasteiger partial charge in [0.15, 0.2) is 18.7 Å². The lowest BCUT2D eigenvalue weighted by molar-refractivity contribution is -0.790. The highest BCUT2D eigenvalue weighted by Gasteiger charge is 2.50. The van der Waals surface area contributed by atoms with E-state index >= 15 is 0 Å². The molecule has 54 heavy (non-hydrogen) atoms. The van der Waals surface area contributed by atoms with E-state index in [4.69, 9.17) is 24.7 Å². The van der Waals surface area contributed by atoms with Crippen molar-refractivity contribution >= 4 is 23.3 Å². The van der Waals surface area contributed by atoms with Crippen molar-refractivity contribution in [2.45, 2.75) is 87.8 Å². The van der Waals surface area contributed by atoms with Crippen molar-refractivity contribution in [3.8, 4) is 17.2 Å². The van der Waals surface area contributed by atoms with Crippen molar-refractivity contribution < 1.29 is 78.4 Å². The van der Waals surface area contributed by atoms with Gasteiger partial charge in [0.2, 0.25) is 11.6 Å². The van der Waals surface area contributed by atoms with Crippen molar-refractivity contribution in [1.29, 1.82) is 0 Å². The van der Waals surface area contributed by atoms with Crippen LogP contribution in [0.1, 0.15) is 88.1 Å². The Bertz CT molecular complexity index is 1860. The first-order valence-electron chi connectivity index (χ1n) is 16.6. The molecule has 0 amide bonds. The first kappa shape index (κ1) is 39.7. The number of hydrogen-bond acceptors (Lipinski definition) is 19. The van der Waals surface area contributed by atoms with E-state index in [1.165, 1.54) is 32.2 Å². The van der Waals surface area contributed by atoms with Gasteiger partial charge >= 0.3 is 5.97 Å². The number of ketones is 3. The van der Waals surface area contributed by atoms with Crippen LogP contribution in [0.25, 0.3) is 0 Å². The molecule has 1 aliphatic heterocycles. The van der Waals surface area contributed by atoms with Crippen LogP contribution < -0.4 is 10.5 Å². The van der Waals surface area contributed by atoms with E-state index in [1.54, 1.807) is 0 Å². The molecule has 0 aromatic heterocycles. The summed E-state index contributed by atoms with van der Waals surface area (Å²) in [5, 5.41) is 64.2.